The van der Waals surface area contributed by atoms with Gasteiger partial charge >= 0.3 is 0 Å². The van der Waals surface area contributed by atoms with E-state index < -0.39 is 30.0 Å². The molecular weight excluding hydrogens is 155 g/mol. The Balaban J connectivity index is 3.22. The quantitative estimate of drug-likeness (QED) is 0.594. The Labute approximate surface area is 70.1 Å². The van der Waals surface area contributed by atoms with Crippen molar-refractivity contribution in [3.63, 3.8) is 0 Å². The molecule has 0 aliphatic carbocycles. The molecule has 0 atom stereocenters. The summed E-state index contributed by atoms with van der Waals surface area (Å²) >= 11 is 5.29. The van der Waals surface area contributed by atoms with Gasteiger partial charge in [-0.15, -0.1) is 0 Å². The lowest BCUT2D eigenvalue weighted by Gasteiger charge is -1.94. The average molecular weight is 166 g/mol. The van der Waals surface area contributed by atoms with E-state index in [4.69, 9.17) is 18.5 Å². The minimum atomic E-state index is -2.94. The molecule has 0 saturated carbocycles. The van der Waals surface area contributed by atoms with E-state index in [1.165, 1.54) is 0 Å². The number of aryl methyl sites for hydroxylation is 1. The first-order valence-electron chi connectivity index (χ1n) is 4.85. The Bertz CT molecular complexity index is 380. The predicted molar refractivity (Wildman–Crippen MR) is 36.4 cm³/mol. The Kier molecular flexibility index (Phi) is 0.916. The molecule has 0 bridgehead atoms. The van der Waals surface area contributed by atoms with Crippen LogP contribution >= 0.6 is 11.6 Å². The third-order valence-corrected chi connectivity index (χ3v) is 1.08. The molecule has 0 N–H and O–H groups in total. The van der Waals surface area contributed by atoms with Crippen molar-refractivity contribution in [2.24, 2.45) is 0 Å². The van der Waals surface area contributed by atoms with E-state index in [1.807, 2.05) is 0 Å². The molecule has 0 aliphatic heterocycles. The van der Waals surface area contributed by atoms with Crippen LogP contribution < -0.4 is 0 Å². The standard InChI is InChI=1S/C6H6ClFN2/c1-2-5-9-3-4(8)6(7)10-5/h3H,2H2,1H3/i1D3,2D2. The molecule has 10 heavy (non-hydrogen) atoms. The zero-order valence-corrected chi connectivity index (χ0v) is 5.48. The first-order valence-corrected chi connectivity index (χ1v) is 2.72. The predicted octanol–water partition coefficient (Wildman–Crippen LogP) is 1.83. The van der Waals surface area contributed by atoms with Gasteiger partial charge in [-0.2, -0.15) is 0 Å². The molecular formula is C6H6ClFN2. The lowest BCUT2D eigenvalue weighted by molar-refractivity contribution is 0.609. The van der Waals surface area contributed by atoms with Crippen molar-refractivity contribution in [3.05, 3.63) is 23.0 Å². The highest BCUT2D eigenvalue weighted by atomic mass is 35.5. The summed E-state index contributed by atoms with van der Waals surface area (Å²) in [6, 6.07) is 0. The summed E-state index contributed by atoms with van der Waals surface area (Å²) in [7, 11) is 0. The van der Waals surface area contributed by atoms with Gasteiger partial charge in [-0.05, 0) is 0 Å². The molecule has 54 valence electrons. The van der Waals surface area contributed by atoms with Gasteiger partial charge in [0.25, 0.3) is 0 Å². The maximum absolute atomic E-state index is 12.7. The Hall–Kier alpha value is -0.700. The summed E-state index contributed by atoms with van der Waals surface area (Å²) in [6.07, 6.45) is -2.13. The highest BCUT2D eigenvalue weighted by Gasteiger charge is 2.00. The highest BCUT2D eigenvalue weighted by Crippen LogP contribution is 2.08. The van der Waals surface area contributed by atoms with Gasteiger partial charge in [0, 0.05) is 13.2 Å². The van der Waals surface area contributed by atoms with Crippen LogP contribution in [0.25, 0.3) is 0 Å². The van der Waals surface area contributed by atoms with E-state index in [0.717, 1.165) is 0 Å². The molecule has 2 nitrogen and oxygen atoms in total. The van der Waals surface area contributed by atoms with Crippen molar-refractivity contribution in [2.75, 3.05) is 0 Å². The molecule has 0 fully saturated rings. The van der Waals surface area contributed by atoms with Gasteiger partial charge < -0.3 is 0 Å². The zero-order valence-electron chi connectivity index (χ0n) is 9.73. The van der Waals surface area contributed by atoms with Crippen molar-refractivity contribution in [1.82, 2.24) is 9.97 Å². The van der Waals surface area contributed by atoms with Crippen LogP contribution in [0.4, 0.5) is 4.39 Å². The number of hydrogen-bond acceptors (Lipinski definition) is 2. The number of aromatic nitrogens is 2. The molecule has 1 rings (SSSR count). The van der Waals surface area contributed by atoms with Crippen LogP contribution in [0.3, 0.4) is 0 Å². The summed E-state index contributed by atoms with van der Waals surface area (Å²) in [5, 5.41) is -0.604. The molecule has 1 heterocycles. The van der Waals surface area contributed by atoms with Crippen molar-refractivity contribution < 1.29 is 11.2 Å². The topological polar surface area (TPSA) is 25.8 Å². The van der Waals surface area contributed by atoms with Crippen LogP contribution in [-0.4, -0.2) is 9.97 Å². The van der Waals surface area contributed by atoms with Gasteiger partial charge in [0.1, 0.15) is 5.82 Å². The lowest BCUT2D eigenvalue weighted by Crippen LogP contribution is -1.94. The van der Waals surface area contributed by atoms with Gasteiger partial charge in [0.15, 0.2) is 11.0 Å². The Morgan fingerprint density at radius 2 is 2.80 bits per heavy atom. The van der Waals surface area contributed by atoms with Crippen LogP contribution in [0.1, 0.15) is 19.5 Å². The summed E-state index contributed by atoms with van der Waals surface area (Å²) in [6.45, 7) is -2.94. The molecule has 1 aromatic rings. The molecule has 0 spiro atoms. The number of rotatable bonds is 1. The monoisotopic (exact) mass is 165 g/mol. The molecule has 0 amide bonds. The minimum absolute atomic E-state index is 0.604. The van der Waals surface area contributed by atoms with E-state index in [9.17, 15) is 4.39 Å². The first kappa shape index (κ1) is 3.13. The molecule has 0 aliphatic rings. The fourth-order valence-electron chi connectivity index (χ4n) is 0.407. The fraction of sp³-hybridized carbons (Fsp3) is 0.333. The number of nitrogens with zero attached hydrogens (tertiary/aromatic N) is 2. The zero-order chi connectivity index (χ0) is 11.9. The second-order valence-corrected chi connectivity index (χ2v) is 1.82. The normalized spacial score (nSPS) is 20.0. The van der Waals surface area contributed by atoms with Crippen LogP contribution in [0.15, 0.2) is 6.20 Å². The third kappa shape index (κ3) is 1.42. The molecule has 1 aromatic heterocycles. The van der Waals surface area contributed by atoms with Crippen molar-refractivity contribution in [1.29, 1.82) is 0 Å². The summed E-state index contributed by atoms with van der Waals surface area (Å²) in [5.74, 6) is -1.59. The first-order chi connectivity index (χ1) is 6.66. The minimum Gasteiger partial charge on any atom is -0.238 e. The molecule has 0 radical (unpaired) electrons. The van der Waals surface area contributed by atoms with Gasteiger partial charge in [0.2, 0.25) is 0 Å². The van der Waals surface area contributed by atoms with Crippen LogP contribution in [-0.2, 0) is 6.37 Å². The van der Waals surface area contributed by atoms with Gasteiger partial charge in [0.05, 0.1) is 6.20 Å². The van der Waals surface area contributed by atoms with Crippen molar-refractivity contribution >= 4 is 11.6 Å². The molecule has 0 aromatic carbocycles. The lowest BCUT2D eigenvalue weighted by atomic mass is 10.4. The Morgan fingerprint density at radius 1 is 2.00 bits per heavy atom. The van der Waals surface area contributed by atoms with E-state index in [-0.39, 0.29) is 0 Å². The maximum atomic E-state index is 12.7. The maximum Gasteiger partial charge on any atom is 0.178 e. The smallest absolute Gasteiger partial charge is 0.178 e. The summed E-state index contributed by atoms with van der Waals surface area (Å²) in [4.78, 5) is 6.53. The summed E-state index contributed by atoms with van der Waals surface area (Å²) in [5.41, 5.74) is 0. The van der Waals surface area contributed by atoms with Crippen LogP contribution in [0.2, 0.25) is 5.15 Å². The Morgan fingerprint density at radius 3 is 3.40 bits per heavy atom. The largest absolute Gasteiger partial charge is 0.238 e. The van der Waals surface area contributed by atoms with Gasteiger partial charge in [-0.1, -0.05) is 18.5 Å². The van der Waals surface area contributed by atoms with E-state index >= 15 is 0 Å². The highest BCUT2D eigenvalue weighted by molar-refractivity contribution is 6.29. The van der Waals surface area contributed by atoms with Gasteiger partial charge in [-0.25, -0.2) is 14.4 Å². The SMILES string of the molecule is [2H]C([2H])([2H])C([2H])([2H])c1ncc(F)c(Cl)n1. The molecule has 0 unspecified atom stereocenters. The second-order valence-electron chi connectivity index (χ2n) is 1.46. The average Bonchev–Trinajstić information content (AvgIpc) is 2.07. The summed E-state index contributed by atoms with van der Waals surface area (Å²) < 4.78 is 48.0. The second kappa shape index (κ2) is 2.92. The van der Waals surface area contributed by atoms with Crippen molar-refractivity contribution in [3.8, 4) is 0 Å². The van der Waals surface area contributed by atoms with Crippen LogP contribution in [0, 0.1) is 5.82 Å². The van der Waals surface area contributed by atoms with Crippen LogP contribution in [0.5, 0.6) is 0 Å². The van der Waals surface area contributed by atoms with Gasteiger partial charge in [-0.3, -0.25) is 0 Å². The molecule has 0 saturated heterocycles. The third-order valence-electron chi connectivity index (χ3n) is 0.813. The molecule has 4 heteroatoms. The number of halogens is 2. The van der Waals surface area contributed by atoms with E-state index in [0.29, 0.717) is 6.20 Å². The van der Waals surface area contributed by atoms with E-state index in [2.05, 4.69) is 9.97 Å². The van der Waals surface area contributed by atoms with Crippen molar-refractivity contribution in [2.45, 2.75) is 13.2 Å². The fourth-order valence-corrected chi connectivity index (χ4v) is 0.535. The number of hydrogen-bond donors (Lipinski definition) is 0. The van der Waals surface area contributed by atoms with E-state index in [1.54, 1.807) is 0 Å².